The molecule has 2 N–H and O–H groups in total. The van der Waals surface area contributed by atoms with Gasteiger partial charge in [0.2, 0.25) is 5.91 Å². The molecule has 1 aromatic carbocycles. The Bertz CT molecular complexity index is 346. The van der Waals surface area contributed by atoms with Crippen molar-refractivity contribution >= 4 is 5.91 Å². The normalized spacial score (nSPS) is 16.8. The van der Waals surface area contributed by atoms with Gasteiger partial charge in [0.15, 0.2) is 0 Å². The lowest BCUT2D eigenvalue weighted by molar-refractivity contribution is -0.123. The largest absolute Gasteiger partial charge is 0.394 e. The Labute approximate surface area is 95.5 Å². The summed E-state index contributed by atoms with van der Waals surface area (Å²) in [5.74, 6) is 0.291. The third-order valence-electron chi connectivity index (χ3n) is 2.84. The molecule has 0 aliphatic heterocycles. The van der Waals surface area contributed by atoms with Crippen LogP contribution in [0.4, 0.5) is 0 Å². The molecule has 1 saturated carbocycles. The van der Waals surface area contributed by atoms with Crippen LogP contribution in [0.5, 0.6) is 0 Å². The summed E-state index contributed by atoms with van der Waals surface area (Å²) in [7, 11) is 0. The van der Waals surface area contributed by atoms with Gasteiger partial charge >= 0.3 is 0 Å². The van der Waals surface area contributed by atoms with E-state index in [-0.39, 0.29) is 24.5 Å². The quantitative estimate of drug-likeness (QED) is 0.779. The number of hydrogen-bond donors (Lipinski definition) is 2. The zero-order chi connectivity index (χ0) is 11.4. The number of benzene rings is 1. The van der Waals surface area contributed by atoms with Crippen molar-refractivity contribution in [2.45, 2.75) is 25.3 Å². The Morgan fingerprint density at radius 1 is 1.38 bits per heavy atom. The van der Waals surface area contributed by atoms with Crippen LogP contribution in [0.25, 0.3) is 0 Å². The molecule has 1 aromatic rings. The first kappa shape index (κ1) is 11.1. The van der Waals surface area contributed by atoms with Crippen LogP contribution < -0.4 is 5.32 Å². The lowest BCUT2D eigenvalue weighted by atomic mass is 10.1. The standard InChI is InChI=1S/C13H17NO2/c15-9-12(14-13(16)11-6-7-11)8-10-4-2-1-3-5-10/h1-5,11-12,15H,6-9H2,(H,14,16). The minimum absolute atomic E-state index is 0.00659. The number of carbonyl (C=O) groups is 1. The maximum absolute atomic E-state index is 11.5. The molecule has 1 fully saturated rings. The predicted octanol–water partition coefficient (Wildman–Crippen LogP) is 1.12. The highest BCUT2D eigenvalue weighted by molar-refractivity contribution is 5.81. The number of nitrogens with one attached hydrogen (secondary N) is 1. The zero-order valence-electron chi connectivity index (χ0n) is 9.23. The van der Waals surface area contributed by atoms with E-state index in [9.17, 15) is 9.90 Å². The van der Waals surface area contributed by atoms with Gasteiger partial charge in [-0.15, -0.1) is 0 Å². The van der Waals surface area contributed by atoms with E-state index >= 15 is 0 Å². The average Bonchev–Trinajstić information content (AvgIpc) is 3.13. The van der Waals surface area contributed by atoms with E-state index in [0.29, 0.717) is 6.42 Å². The number of hydrogen-bond acceptors (Lipinski definition) is 2. The van der Waals surface area contributed by atoms with Crippen molar-refractivity contribution in [1.29, 1.82) is 0 Å². The Kier molecular flexibility index (Phi) is 3.57. The molecule has 0 heterocycles. The predicted molar refractivity (Wildman–Crippen MR) is 61.9 cm³/mol. The molecule has 1 atom stereocenters. The second-order valence-corrected chi connectivity index (χ2v) is 4.35. The summed E-state index contributed by atoms with van der Waals surface area (Å²) in [5.41, 5.74) is 1.14. The van der Waals surface area contributed by atoms with E-state index in [1.807, 2.05) is 30.3 Å². The van der Waals surface area contributed by atoms with Gasteiger partial charge in [-0.25, -0.2) is 0 Å². The minimum Gasteiger partial charge on any atom is -0.394 e. The highest BCUT2D eigenvalue weighted by Crippen LogP contribution is 2.28. The van der Waals surface area contributed by atoms with Crippen LogP contribution in [-0.2, 0) is 11.2 Å². The van der Waals surface area contributed by atoms with Crippen molar-refractivity contribution in [1.82, 2.24) is 5.32 Å². The second-order valence-electron chi connectivity index (χ2n) is 4.35. The fraction of sp³-hybridized carbons (Fsp3) is 0.462. The molecule has 0 bridgehead atoms. The summed E-state index contributed by atoms with van der Waals surface area (Å²) in [6.07, 6.45) is 2.68. The topological polar surface area (TPSA) is 49.3 Å². The van der Waals surface area contributed by atoms with Crippen molar-refractivity contribution < 1.29 is 9.90 Å². The van der Waals surface area contributed by atoms with E-state index in [4.69, 9.17) is 0 Å². The summed E-state index contributed by atoms with van der Waals surface area (Å²) in [6, 6.07) is 9.74. The van der Waals surface area contributed by atoms with Gasteiger partial charge in [0.05, 0.1) is 12.6 Å². The molecular weight excluding hydrogens is 202 g/mol. The van der Waals surface area contributed by atoms with E-state index in [1.165, 1.54) is 0 Å². The van der Waals surface area contributed by atoms with Gasteiger partial charge in [-0.2, -0.15) is 0 Å². The summed E-state index contributed by atoms with van der Waals surface area (Å²) in [4.78, 5) is 11.5. The second kappa shape index (κ2) is 5.12. The molecule has 16 heavy (non-hydrogen) atoms. The van der Waals surface area contributed by atoms with Crippen LogP contribution in [0, 0.1) is 5.92 Å². The van der Waals surface area contributed by atoms with Gasteiger partial charge in [-0.05, 0) is 24.8 Å². The molecule has 1 unspecified atom stereocenters. The molecule has 0 saturated heterocycles. The van der Waals surface area contributed by atoms with Gasteiger partial charge in [0.1, 0.15) is 0 Å². The highest BCUT2D eigenvalue weighted by atomic mass is 16.3. The lowest BCUT2D eigenvalue weighted by Crippen LogP contribution is -2.39. The molecular formula is C13H17NO2. The van der Waals surface area contributed by atoms with E-state index in [1.54, 1.807) is 0 Å². The van der Waals surface area contributed by atoms with E-state index in [2.05, 4.69) is 5.32 Å². The first-order valence-electron chi connectivity index (χ1n) is 5.74. The Balaban J connectivity index is 1.87. The van der Waals surface area contributed by atoms with Crippen molar-refractivity contribution in [3.63, 3.8) is 0 Å². The molecule has 3 heteroatoms. The van der Waals surface area contributed by atoms with Crippen molar-refractivity contribution in [3.8, 4) is 0 Å². The minimum atomic E-state index is -0.157. The third kappa shape index (κ3) is 3.07. The molecule has 1 amide bonds. The maximum Gasteiger partial charge on any atom is 0.223 e. The fourth-order valence-corrected chi connectivity index (χ4v) is 1.72. The van der Waals surface area contributed by atoms with Crippen LogP contribution in [0.15, 0.2) is 30.3 Å². The number of rotatable bonds is 5. The highest BCUT2D eigenvalue weighted by Gasteiger charge is 2.30. The van der Waals surface area contributed by atoms with Gasteiger partial charge in [-0.1, -0.05) is 30.3 Å². The van der Waals surface area contributed by atoms with E-state index < -0.39 is 0 Å². The summed E-state index contributed by atoms with van der Waals surface area (Å²) in [5, 5.41) is 12.1. The van der Waals surface area contributed by atoms with Gasteiger partial charge in [-0.3, -0.25) is 4.79 Å². The Morgan fingerprint density at radius 3 is 2.62 bits per heavy atom. The molecule has 1 aliphatic carbocycles. The van der Waals surface area contributed by atoms with Gasteiger partial charge in [0, 0.05) is 5.92 Å². The Hall–Kier alpha value is -1.35. The molecule has 0 spiro atoms. The van der Waals surface area contributed by atoms with Crippen LogP contribution in [0.1, 0.15) is 18.4 Å². The van der Waals surface area contributed by atoms with Crippen LogP contribution in [0.2, 0.25) is 0 Å². The van der Waals surface area contributed by atoms with Crippen LogP contribution in [-0.4, -0.2) is 23.7 Å². The average molecular weight is 219 g/mol. The zero-order valence-corrected chi connectivity index (χ0v) is 9.23. The lowest BCUT2D eigenvalue weighted by Gasteiger charge is -2.16. The molecule has 0 radical (unpaired) electrons. The first-order valence-corrected chi connectivity index (χ1v) is 5.74. The van der Waals surface area contributed by atoms with Crippen molar-refractivity contribution in [3.05, 3.63) is 35.9 Å². The molecule has 86 valence electrons. The van der Waals surface area contributed by atoms with Gasteiger partial charge < -0.3 is 10.4 Å². The van der Waals surface area contributed by atoms with Crippen LogP contribution in [0.3, 0.4) is 0 Å². The molecule has 2 rings (SSSR count). The third-order valence-corrected chi connectivity index (χ3v) is 2.84. The van der Waals surface area contributed by atoms with Crippen LogP contribution >= 0.6 is 0 Å². The molecule has 1 aliphatic rings. The van der Waals surface area contributed by atoms with E-state index in [0.717, 1.165) is 18.4 Å². The maximum atomic E-state index is 11.5. The summed E-state index contributed by atoms with van der Waals surface area (Å²) < 4.78 is 0. The number of carbonyl (C=O) groups excluding carboxylic acids is 1. The van der Waals surface area contributed by atoms with Gasteiger partial charge in [0.25, 0.3) is 0 Å². The molecule has 3 nitrogen and oxygen atoms in total. The smallest absolute Gasteiger partial charge is 0.223 e. The summed E-state index contributed by atoms with van der Waals surface area (Å²) in [6.45, 7) is -0.00659. The van der Waals surface area contributed by atoms with Crippen molar-refractivity contribution in [2.24, 2.45) is 5.92 Å². The monoisotopic (exact) mass is 219 g/mol. The first-order chi connectivity index (χ1) is 7.79. The summed E-state index contributed by atoms with van der Waals surface area (Å²) >= 11 is 0. The fourth-order valence-electron chi connectivity index (χ4n) is 1.72. The number of amides is 1. The van der Waals surface area contributed by atoms with Crippen molar-refractivity contribution in [2.75, 3.05) is 6.61 Å². The number of aliphatic hydroxyl groups is 1. The molecule has 0 aromatic heterocycles. The Morgan fingerprint density at radius 2 is 2.06 bits per heavy atom. The number of aliphatic hydroxyl groups excluding tert-OH is 1. The SMILES string of the molecule is O=C(NC(CO)Cc1ccccc1)C1CC1.